The van der Waals surface area contributed by atoms with E-state index in [-0.39, 0.29) is 6.54 Å². The van der Waals surface area contributed by atoms with Gasteiger partial charge in [-0.25, -0.2) is 9.07 Å². The average Bonchev–Trinajstić information content (AvgIpc) is 3.15. The fourth-order valence-electron chi connectivity index (χ4n) is 2.34. The topological polar surface area (TPSA) is 127 Å². The summed E-state index contributed by atoms with van der Waals surface area (Å²) in [5, 5.41) is 22.9. The van der Waals surface area contributed by atoms with E-state index < -0.39 is 21.9 Å². The van der Waals surface area contributed by atoms with E-state index >= 15 is 0 Å². The highest BCUT2D eigenvalue weighted by molar-refractivity contribution is 7.84. The first-order valence-corrected chi connectivity index (χ1v) is 8.96. The molecule has 0 saturated carbocycles. The zero-order valence-electron chi connectivity index (χ0n) is 13.7. The van der Waals surface area contributed by atoms with E-state index in [2.05, 4.69) is 14.4 Å². The third-order valence-electron chi connectivity index (χ3n) is 3.51. The minimum atomic E-state index is -4.32. The summed E-state index contributed by atoms with van der Waals surface area (Å²) in [4.78, 5) is 0. The van der Waals surface area contributed by atoms with E-state index in [1.165, 1.54) is 24.8 Å². The minimum Gasteiger partial charge on any atom is -0.368 e. The minimum absolute atomic E-state index is 0.205. The second-order valence-corrected chi connectivity index (χ2v) is 6.55. The van der Waals surface area contributed by atoms with Crippen LogP contribution in [-0.4, -0.2) is 23.3 Å². The largest absolute Gasteiger partial charge is 0.380 e. The van der Waals surface area contributed by atoms with Gasteiger partial charge in [-0.1, -0.05) is 6.07 Å². The zero-order chi connectivity index (χ0) is 19.4. The molecule has 0 spiro atoms. The lowest BCUT2D eigenvalue weighted by Gasteiger charge is -2.25. The Morgan fingerprint density at radius 2 is 1.85 bits per heavy atom. The maximum Gasteiger partial charge on any atom is 0.380 e. The summed E-state index contributed by atoms with van der Waals surface area (Å²) in [5.74, 6) is -1.36. The number of aromatic nitrogens is 3. The molecule has 3 aromatic rings. The van der Waals surface area contributed by atoms with Crippen LogP contribution in [0.3, 0.4) is 0 Å². The predicted octanol–water partition coefficient (Wildman–Crippen LogP) is 1.34. The average molecular weight is 388 g/mol. The highest BCUT2D eigenvalue weighted by Crippen LogP contribution is 2.23. The number of nitrogens with two attached hydrogens (primary N) is 1. The van der Waals surface area contributed by atoms with Gasteiger partial charge in [0.2, 0.25) is 0 Å². The number of halogens is 1. The van der Waals surface area contributed by atoms with Crippen molar-refractivity contribution in [2.75, 3.05) is 5.01 Å². The summed E-state index contributed by atoms with van der Waals surface area (Å²) in [6, 6.07) is 12.6. The number of nitrogens with zero attached hydrogens (tertiary/aromatic N) is 5. The van der Waals surface area contributed by atoms with Gasteiger partial charge in [0, 0.05) is 0 Å². The first-order chi connectivity index (χ1) is 12.9. The van der Waals surface area contributed by atoms with Gasteiger partial charge in [-0.15, -0.1) is 10.2 Å². The molecule has 138 valence electrons. The number of benzene rings is 2. The van der Waals surface area contributed by atoms with Gasteiger partial charge in [0.1, 0.15) is 12.7 Å². The van der Waals surface area contributed by atoms with Gasteiger partial charge in [-0.2, -0.15) is 18.8 Å². The standard InChI is InChI=1S/C16H13FN6O3S/c17-15-7-13(3-6-16(15)26-27(19,24)25)9-23(22-10-20-21-11-22)14-4-1-12(8-18)2-5-14/h1-7,10-11H,9H2,(H2,19,24,25). The van der Waals surface area contributed by atoms with Crippen LogP contribution in [-0.2, 0) is 16.8 Å². The molecule has 11 heteroatoms. The van der Waals surface area contributed by atoms with Gasteiger partial charge in [-0.05, 0) is 42.0 Å². The Balaban J connectivity index is 1.91. The van der Waals surface area contributed by atoms with Crippen LogP contribution in [0, 0.1) is 17.1 Å². The van der Waals surface area contributed by atoms with Crippen LogP contribution in [0.1, 0.15) is 11.1 Å². The summed E-state index contributed by atoms with van der Waals surface area (Å²) < 4.78 is 42.0. The molecule has 27 heavy (non-hydrogen) atoms. The van der Waals surface area contributed by atoms with Gasteiger partial charge in [0.15, 0.2) is 11.6 Å². The molecule has 2 N–H and O–H groups in total. The molecule has 9 nitrogen and oxygen atoms in total. The SMILES string of the molecule is N#Cc1ccc(N(Cc2ccc(OS(N)(=O)=O)c(F)c2)n2cnnc2)cc1. The van der Waals surface area contributed by atoms with Crippen LogP contribution in [0.5, 0.6) is 5.75 Å². The van der Waals surface area contributed by atoms with E-state index in [4.69, 9.17) is 10.4 Å². The van der Waals surface area contributed by atoms with Gasteiger partial charge >= 0.3 is 10.3 Å². The Bertz CT molecular complexity index is 1080. The molecule has 0 bridgehead atoms. The van der Waals surface area contributed by atoms with Crippen molar-refractivity contribution in [1.82, 2.24) is 14.9 Å². The molecular formula is C16H13FN6O3S. The molecule has 1 aromatic heterocycles. The molecular weight excluding hydrogens is 375 g/mol. The highest BCUT2D eigenvalue weighted by atomic mass is 32.2. The van der Waals surface area contributed by atoms with Crippen LogP contribution in [0.25, 0.3) is 0 Å². The number of hydrogen-bond donors (Lipinski definition) is 1. The van der Waals surface area contributed by atoms with Crippen LogP contribution in [0.2, 0.25) is 0 Å². The summed E-state index contributed by atoms with van der Waals surface area (Å²) in [6.07, 6.45) is 2.93. The Kier molecular flexibility index (Phi) is 5.02. The van der Waals surface area contributed by atoms with Gasteiger partial charge < -0.3 is 4.18 Å². The molecule has 0 atom stereocenters. The molecule has 3 rings (SSSR count). The molecule has 2 aromatic carbocycles. The van der Waals surface area contributed by atoms with E-state index in [1.54, 1.807) is 34.0 Å². The summed E-state index contributed by atoms with van der Waals surface area (Å²) >= 11 is 0. The Hall–Kier alpha value is -3.49. The molecule has 0 radical (unpaired) electrons. The number of rotatable bonds is 6. The van der Waals surface area contributed by atoms with Crippen LogP contribution in [0.15, 0.2) is 55.1 Å². The lowest BCUT2D eigenvalue weighted by molar-refractivity contribution is 0.462. The van der Waals surface area contributed by atoms with Gasteiger partial charge in [0.25, 0.3) is 0 Å². The van der Waals surface area contributed by atoms with Gasteiger partial charge in [0.05, 0.1) is 23.9 Å². The van der Waals surface area contributed by atoms with Gasteiger partial charge in [-0.3, -0.25) is 5.01 Å². The van der Waals surface area contributed by atoms with Crippen molar-refractivity contribution in [1.29, 1.82) is 5.26 Å². The molecule has 0 fully saturated rings. The smallest absolute Gasteiger partial charge is 0.368 e. The summed E-state index contributed by atoms with van der Waals surface area (Å²) in [7, 11) is -4.32. The Labute approximate surface area is 154 Å². The quantitative estimate of drug-likeness (QED) is 0.675. The molecule has 0 unspecified atom stereocenters. The van der Waals surface area contributed by atoms with Crippen LogP contribution in [0.4, 0.5) is 10.1 Å². The summed E-state index contributed by atoms with van der Waals surface area (Å²) in [6.45, 7) is 0.205. The first kappa shape index (κ1) is 18.3. The van der Waals surface area contributed by atoms with E-state index in [1.807, 2.05) is 6.07 Å². The maximum atomic E-state index is 14.1. The van der Waals surface area contributed by atoms with Crippen LogP contribution < -0.4 is 14.3 Å². The number of nitriles is 1. The fourth-order valence-corrected chi connectivity index (χ4v) is 2.73. The number of anilines is 1. The van der Waals surface area contributed by atoms with Crippen molar-refractivity contribution >= 4 is 16.0 Å². The Morgan fingerprint density at radius 1 is 1.19 bits per heavy atom. The maximum absolute atomic E-state index is 14.1. The van der Waals surface area contributed by atoms with Crippen molar-refractivity contribution in [2.45, 2.75) is 6.54 Å². The second kappa shape index (κ2) is 7.40. The van der Waals surface area contributed by atoms with Crippen molar-refractivity contribution in [3.63, 3.8) is 0 Å². The molecule has 0 saturated heterocycles. The highest BCUT2D eigenvalue weighted by Gasteiger charge is 2.14. The fraction of sp³-hybridized carbons (Fsp3) is 0.0625. The lowest BCUT2D eigenvalue weighted by Crippen LogP contribution is -2.28. The van der Waals surface area contributed by atoms with Crippen molar-refractivity contribution < 1.29 is 17.0 Å². The normalized spacial score (nSPS) is 11.0. The molecule has 0 aliphatic rings. The first-order valence-electron chi connectivity index (χ1n) is 7.49. The number of hydrogen-bond acceptors (Lipinski definition) is 7. The van der Waals surface area contributed by atoms with Crippen molar-refractivity contribution in [3.05, 3.63) is 72.1 Å². The van der Waals surface area contributed by atoms with E-state index in [9.17, 15) is 12.8 Å². The molecule has 0 aliphatic heterocycles. The van der Waals surface area contributed by atoms with Crippen molar-refractivity contribution in [3.8, 4) is 11.8 Å². The molecule has 0 amide bonds. The lowest BCUT2D eigenvalue weighted by atomic mass is 10.2. The molecule has 0 aliphatic carbocycles. The van der Waals surface area contributed by atoms with Crippen molar-refractivity contribution in [2.24, 2.45) is 5.14 Å². The van der Waals surface area contributed by atoms with E-state index in [0.29, 0.717) is 16.8 Å². The third kappa shape index (κ3) is 4.57. The Morgan fingerprint density at radius 3 is 2.41 bits per heavy atom. The predicted molar refractivity (Wildman–Crippen MR) is 92.9 cm³/mol. The van der Waals surface area contributed by atoms with E-state index in [0.717, 1.165) is 6.07 Å². The zero-order valence-corrected chi connectivity index (χ0v) is 14.5. The monoisotopic (exact) mass is 388 g/mol. The molecule has 1 heterocycles. The van der Waals surface area contributed by atoms with Crippen LogP contribution >= 0.6 is 0 Å². The second-order valence-electron chi connectivity index (χ2n) is 5.40. The summed E-state index contributed by atoms with van der Waals surface area (Å²) in [5.41, 5.74) is 1.73. The third-order valence-corrected chi connectivity index (χ3v) is 3.93.